The number of aromatic hydroxyl groups is 2. The highest BCUT2D eigenvalue weighted by molar-refractivity contribution is 5.90. The van der Waals surface area contributed by atoms with Crippen LogP contribution >= 0.6 is 0 Å². The number of carbonyl (C=O) groups excluding carboxylic acids is 8. The Labute approximate surface area is 526 Å². The molecule has 2 N–H and O–H groups in total. The Bertz CT molecular complexity index is 3750. The number of benzene rings is 2. The molecule has 3 fully saturated rings. The molecule has 7 rings (SSSR count). The molecular weight excluding hydrogens is 1240 g/mol. The standard InChI is InChI=1S/C59H68N6O28/c1-27(66)81-24-37-42(84-29(3)68)45(86-31(5)70)40(60-22-35-49(72)62(7)58(78)63(8)50(35)73)55(88-37)92-44-39(26-83-53(76)33-18-14-12-15-19-33)90-57(80-11)48(91-54(77)34-20-16-13-17-21-34)47(44)93-56-41(61-23-36-51(74)64(9)59(79)65(10)52(36)75)46(87-32(6)71)43(85-30(4)69)38(89-56)25-82-28(2)67/h12-23,37-48,55-57,72,74H,24-26H2,1-11H3/t37-,38-,39-,40-,41-,42-,43-,44+,45-,46-,47+,48-,55+,56+,57+/m1/s1. The van der Waals surface area contributed by atoms with Crippen LogP contribution in [0, 0.1) is 0 Å². The van der Waals surface area contributed by atoms with E-state index in [-0.39, 0.29) is 11.1 Å². The molecule has 0 aliphatic carbocycles. The average molecular weight is 1310 g/mol. The number of carbonyl (C=O) groups is 8. The average Bonchev–Trinajstić information content (AvgIpc) is 0.766. The lowest BCUT2D eigenvalue weighted by Crippen LogP contribution is -2.68. The first-order chi connectivity index (χ1) is 44.0. The molecule has 0 amide bonds. The molecule has 0 saturated carbocycles. The van der Waals surface area contributed by atoms with Crippen molar-refractivity contribution in [1.82, 2.24) is 18.3 Å². The Kier molecular flexibility index (Phi) is 23.6. The number of ether oxygens (including phenoxy) is 14. The van der Waals surface area contributed by atoms with Crippen molar-refractivity contribution in [2.75, 3.05) is 26.9 Å². The van der Waals surface area contributed by atoms with E-state index >= 15 is 0 Å². The van der Waals surface area contributed by atoms with Crippen molar-refractivity contribution < 1.29 is 115 Å². The fourth-order valence-corrected chi connectivity index (χ4v) is 10.1. The van der Waals surface area contributed by atoms with Gasteiger partial charge in [-0.1, -0.05) is 36.4 Å². The maximum atomic E-state index is 14.6. The molecule has 5 heterocycles. The summed E-state index contributed by atoms with van der Waals surface area (Å²) in [4.78, 5) is 169. The number of aromatic nitrogens is 4. The summed E-state index contributed by atoms with van der Waals surface area (Å²) in [6.45, 7) is 3.38. The van der Waals surface area contributed by atoms with Gasteiger partial charge in [0.15, 0.2) is 49.4 Å². The van der Waals surface area contributed by atoms with Crippen LogP contribution in [0.5, 0.6) is 11.8 Å². The lowest BCUT2D eigenvalue weighted by atomic mass is 9.94. The normalized spacial score (nSPS) is 26.1. The summed E-state index contributed by atoms with van der Waals surface area (Å²) in [5.74, 6) is -9.93. The number of esters is 8. The lowest BCUT2D eigenvalue weighted by molar-refractivity contribution is -0.369. The topological polar surface area (TPSA) is 419 Å². The highest BCUT2D eigenvalue weighted by atomic mass is 16.8. The van der Waals surface area contributed by atoms with E-state index in [1.807, 2.05) is 0 Å². The molecule has 0 radical (unpaired) electrons. The van der Waals surface area contributed by atoms with Crippen LogP contribution in [-0.2, 0) is 123 Å². The molecule has 2 aromatic carbocycles. The van der Waals surface area contributed by atoms with Crippen molar-refractivity contribution in [2.24, 2.45) is 38.2 Å². The first-order valence-corrected chi connectivity index (χ1v) is 28.3. The maximum absolute atomic E-state index is 14.6. The van der Waals surface area contributed by atoms with E-state index < -0.39 is 205 Å². The van der Waals surface area contributed by atoms with Gasteiger partial charge in [-0.25, -0.2) is 19.2 Å². The molecule has 93 heavy (non-hydrogen) atoms. The summed E-state index contributed by atoms with van der Waals surface area (Å²) >= 11 is 0. The molecule has 15 atom stereocenters. The summed E-state index contributed by atoms with van der Waals surface area (Å²) < 4.78 is 87.8. The van der Waals surface area contributed by atoms with Gasteiger partial charge in [0.1, 0.15) is 73.6 Å². The summed E-state index contributed by atoms with van der Waals surface area (Å²) in [5, 5.41) is 22.5. The molecule has 2 aromatic heterocycles. The SMILES string of the molecule is CO[C@H]1O[C@H](COC(=O)c2ccccc2)[C@H](O[C@@H]2O[C@H](COC(C)=O)[C@@H](OC(C)=O)[C@H](OC(C)=O)[C@H]2N=Cc2c(O)n(C)c(=O)n(C)c2=O)[C@H](O[C@@H]2O[C@H](COC(C)=O)[C@@H](OC(C)=O)[C@H](OC(C)=O)[C@H]2N=Cc2c(O)n(C)c(=O)n(C)c2=O)[C@H]1OC(=O)c1ccccc1. The zero-order valence-corrected chi connectivity index (χ0v) is 51.9. The lowest BCUT2D eigenvalue weighted by Gasteiger charge is -2.50. The Hall–Kier alpha value is -9.74. The molecule has 3 saturated heterocycles. The minimum absolute atomic E-state index is 0.0109. The third-order valence-corrected chi connectivity index (χ3v) is 14.5. The molecule has 34 nitrogen and oxygen atoms in total. The number of rotatable bonds is 22. The van der Waals surface area contributed by atoms with Gasteiger partial charge in [0.05, 0.1) is 11.1 Å². The Morgan fingerprint density at radius 1 is 0.441 bits per heavy atom. The number of hydrogen-bond donors (Lipinski definition) is 2. The van der Waals surface area contributed by atoms with E-state index in [1.165, 1.54) is 48.5 Å². The van der Waals surface area contributed by atoms with E-state index in [1.54, 1.807) is 12.1 Å². The minimum atomic E-state index is -2.20. The van der Waals surface area contributed by atoms with Gasteiger partial charge in [0.25, 0.3) is 11.1 Å². The van der Waals surface area contributed by atoms with Crippen LogP contribution < -0.4 is 22.5 Å². The van der Waals surface area contributed by atoms with Crippen molar-refractivity contribution in [3.63, 3.8) is 0 Å². The second-order valence-corrected chi connectivity index (χ2v) is 21.1. The van der Waals surface area contributed by atoms with E-state index in [0.29, 0.717) is 18.3 Å². The van der Waals surface area contributed by atoms with E-state index in [0.717, 1.165) is 89.3 Å². The van der Waals surface area contributed by atoms with Crippen LogP contribution in [0.25, 0.3) is 0 Å². The van der Waals surface area contributed by atoms with E-state index in [2.05, 4.69) is 9.98 Å². The fourth-order valence-electron chi connectivity index (χ4n) is 10.1. The molecule has 4 aromatic rings. The van der Waals surface area contributed by atoms with Crippen molar-refractivity contribution in [1.29, 1.82) is 0 Å². The molecule has 3 aliphatic rings. The number of nitrogens with zero attached hydrogens (tertiary/aromatic N) is 6. The van der Waals surface area contributed by atoms with Crippen LogP contribution in [0.15, 0.2) is 89.8 Å². The zero-order valence-electron chi connectivity index (χ0n) is 51.9. The first kappa shape index (κ1) is 70.7. The minimum Gasteiger partial charge on any atom is -0.494 e. The van der Waals surface area contributed by atoms with Crippen molar-refractivity contribution >= 4 is 60.2 Å². The molecule has 0 bridgehead atoms. The second kappa shape index (κ2) is 31.1. The smallest absolute Gasteiger partial charge is 0.338 e. The van der Waals surface area contributed by atoms with Gasteiger partial charge in [0.2, 0.25) is 11.8 Å². The summed E-state index contributed by atoms with van der Waals surface area (Å²) in [6.07, 6.45) is -23.7. The quantitative estimate of drug-likeness (QED) is 0.0524. The van der Waals surface area contributed by atoms with E-state index in [9.17, 15) is 67.7 Å². The molecule has 34 heteroatoms. The number of methoxy groups -OCH3 is 1. The predicted molar refractivity (Wildman–Crippen MR) is 311 cm³/mol. The molecule has 3 aliphatic heterocycles. The van der Waals surface area contributed by atoms with Gasteiger partial charge in [-0.05, 0) is 24.3 Å². The van der Waals surface area contributed by atoms with Crippen LogP contribution in [-0.4, -0.2) is 208 Å². The van der Waals surface area contributed by atoms with Crippen LogP contribution in [0.3, 0.4) is 0 Å². The highest BCUT2D eigenvalue weighted by Crippen LogP contribution is 2.39. The predicted octanol–water partition coefficient (Wildman–Crippen LogP) is -1.31. The van der Waals surface area contributed by atoms with Gasteiger partial charge in [0, 0.05) is 89.3 Å². The Balaban J connectivity index is 1.54. The third kappa shape index (κ3) is 16.9. The van der Waals surface area contributed by atoms with E-state index in [4.69, 9.17) is 66.3 Å². The first-order valence-electron chi connectivity index (χ1n) is 28.3. The molecular formula is C59H68N6O28. The monoisotopic (exact) mass is 1310 g/mol. The van der Waals surface area contributed by atoms with Crippen molar-refractivity contribution in [3.8, 4) is 11.8 Å². The number of aliphatic imine (C=N–C) groups is 2. The van der Waals surface area contributed by atoms with Crippen LogP contribution in [0.1, 0.15) is 73.4 Å². The molecule has 0 unspecified atom stereocenters. The highest BCUT2D eigenvalue weighted by Gasteiger charge is 2.59. The summed E-state index contributed by atoms with van der Waals surface area (Å²) in [5.41, 5.74) is -5.57. The van der Waals surface area contributed by atoms with Crippen LogP contribution in [0.4, 0.5) is 0 Å². The van der Waals surface area contributed by atoms with Crippen molar-refractivity contribution in [3.05, 3.63) is 125 Å². The maximum Gasteiger partial charge on any atom is 0.338 e. The third-order valence-electron chi connectivity index (χ3n) is 14.5. The van der Waals surface area contributed by atoms with Gasteiger partial charge in [-0.15, -0.1) is 0 Å². The summed E-state index contributed by atoms with van der Waals surface area (Å²) in [6, 6.07) is 10.8. The van der Waals surface area contributed by atoms with Gasteiger partial charge < -0.3 is 76.5 Å². The van der Waals surface area contributed by atoms with Gasteiger partial charge in [-0.3, -0.25) is 66.6 Å². The van der Waals surface area contributed by atoms with Gasteiger partial charge in [-0.2, -0.15) is 0 Å². The Morgan fingerprint density at radius 2 is 0.796 bits per heavy atom. The Morgan fingerprint density at radius 3 is 1.18 bits per heavy atom. The molecule has 0 spiro atoms. The fraction of sp³-hybridized carbons (Fsp3) is 0.492. The van der Waals surface area contributed by atoms with Gasteiger partial charge >= 0.3 is 59.1 Å². The number of hydrogen-bond acceptors (Lipinski definition) is 30. The van der Waals surface area contributed by atoms with Crippen molar-refractivity contribution in [2.45, 2.75) is 134 Å². The molecule has 502 valence electrons. The largest absolute Gasteiger partial charge is 0.494 e. The second-order valence-electron chi connectivity index (χ2n) is 21.1. The summed E-state index contributed by atoms with van der Waals surface area (Å²) in [7, 11) is 5.52. The van der Waals surface area contributed by atoms with Crippen LogP contribution in [0.2, 0.25) is 0 Å². The zero-order chi connectivity index (χ0) is 68.3.